The summed E-state index contributed by atoms with van der Waals surface area (Å²) in [4.78, 5) is 14.3. The minimum Gasteiger partial charge on any atom is -0.397 e. The fraction of sp³-hybridized carbons (Fsp3) is 0.235. The maximum Gasteiger partial charge on any atom is 0.255 e. The van der Waals surface area contributed by atoms with Crippen molar-refractivity contribution in [3.63, 3.8) is 0 Å². The van der Waals surface area contributed by atoms with E-state index in [1.807, 2.05) is 57.1 Å². The summed E-state index contributed by atoms with van der Waals surface area (Å²) >= 11 is 0. The van der Waals surface area contributed by atoms with Crippen molar-refractivity contribution in [2.75, 3.05) is 30.0 Å². The average molecular weight is 283 g/mol. The predicted molar refractivity (Wildman–Crippen MR) is 89.1 cm³/mol. The zero-order valence-electron chi connectivity index (χ0n) is 12.9. The molecular weight excluding hydrogens is 262 g/mol. The molecule has 0 saturated carbocycles. The molecule has 3 N–H and O–H groups in total. The molecule has 0 unspecified atom stereocenters. The molecule has 0 aromatic heterocycles. The van der Waals surface area contributed by atoms with E-state index in [-0.39, 0.29) is 5.91 Å². The van der Waals surface area contributed by atoms with Crippen molar-refractivity contribution in [1.82, 2.24) is 0 Å². The van der Waals surface area contributed by atoms with Crippen LogP contribution in [0.2, 0.25) is 0 Å². The fourth-order valence-corrected chi connectivity index (χ4v) is 2.30. The molecule has 2 aromatic carbocycles. The lowest BCUT2D eigenvalue weighted by Gasteiger charge is -2.16. The van der Waals surface area contributed by atoms with Crippen LogP contribution in [0.5, 0.6) is 0 Å². The van der Waals surface area contributed by atoms with Gasteiger partial charge < -0.3 is 16.0 Å². The normalized spacial score (nSPS) is 10.3. The number of nitrogens with two attached hydrogens (primary N) is 1. The Morgan fingerprint density at radius 3 is 2.24 bits per heavy atom. The third kappa shape index (κ3) is 3.16. The molecule has 4 nitrogen and oxygen atoms in total. The first kappa shape index (κ1) is 14.9. The number of carbonyl (C=O) groups is 1. The first-order valence-electron chi connectivity index (χ1n) is 6.84. The number of rotatable bonds is 3. The van der Waals surface area contributed by atoms with Crippen molar-refractivity contribution in [2.45, 2.75) is 13.8 Å². The number of hydrogen-bond donors (Lipinski definition) is 2. The Hall–Kier alpha value is -2.49. The van der Waals surface area contributed by atoms with Gasteiger partial charge in [0.15, 0.2) is 0 Å². The number of para-hydroxylation sites is 1. The highest BCUT2D eigenvalue weighted by atomic mass is 16.1. The van der Waals surface area contributed by atoms with Crippen LogP contribution in [-0.2, 0) is 0 Å². The number of anilines is 3. The van der Waals surface area contributed by atoms with Gasteiger partial charge in [-0.15, -0.1) is 0 Å². The van der Waals surface area contributed by atoms with Crippen LogP contribution in [0.25, 0.3) is 0 Å². The van der Waals surface area contributed by atoms with Gasteiger partial charge in [-0.1, -0.05) is 18.2 Å². The Morgan fingerprint density at radius 2 is 1.71 bits per heavy atom. The average Bonchev–Trinajstić information content (AvgIpc) is 2.42. The third-order valence-electron chi connectivity index (χ3n) is 3.49. The lowest BCUT2D eigenvalue weighted by atomic mass is 10.1. The minimum atomic E-state index is -0.149. The SMILES string of the molecule is Cc1cccc(C)c1NC(=O)c1ccc(N(C)C)c(N)c1. The van der Waals surface area contributed by atoms with Gasteiger partial charge in [0.05, 0.1) is 11.4 Å². The standard InChI is InChI=1S/C17H21N3O/c1-11-6-5-7-12(2)16(11)19-17(21)13-8-9-15(20(3)4)14(18)10-13/h5-10H,18H2,1-4H3,(H,19,21). The maximum absolute atomic E-state index is 12.4. The van der Waals surface area contributed by atoms with Crippen molar-refractivity contribution in [2.24, 2.45) is 0 Å². The van der Waals surface area contributed by atoms with E-state index in [9.17, 15) is 4.79 Å². The molecule has 0 atom stereocenters. The molecule has 0 aliphatic carbocycles. The van der Waals surface area contributed by atoms with Crippen LogP contribution in [0.1, 0.15) is 21.5 Å². The molecule has 2 aromatic rings. The second-order valence-electron chi connectivity index (χ2n) is 5.39. The molecule has 0 spiro atoms. The first-order chi connectivity index (χ1) is 9.90. The molecule has 0 saturated heterocycles. The number of amides is 1. The summed E-state index contributed by atoms with van der Waals surface area (Å²) in [7, 11) is 3.84. The summed E-state index contributed by atoms with van der Waals surface area (Å²) in [6.45, 7) is 3.96. The molecule has 0 radical (unpaired) electrons. The predicted octanol–water partition coefficient (Wildman–Crippen LogP) is 3.20. The Kier molecular flexibility index (Phi) is 4.17. The largest absolute Gasteiger partial charge is 0.397 e. The second-order valence-corrected chi connectivity index (χ2v) is 5.39. The monoisotopic (exact) mass is 283 g/mol. The van der Waals surface area contributed by atoms with Crippen molar-refractivity contribution < 1.29 is 4.79 Å². The van der Waals surface area contributed by atoms with E-state index in [0.717, 1.165) is 22.5 Å². The van der Waals surface area contributed by atoms with Crippen LogP contribution in [0.15, 0.2) is 36.4 Å². The second kappa shape index (κ2) is 5.87. The number of nitrogen functional groups attached to an aromatic ring is 1. The molecule has 110 valence electrons. The van der Waals surface area contributed by atoms with Crippen LogP contribution in [0.4, 0.5) is 17.1 Å². The van der Waals surface area contributed by atoms with Crippen molar-refractivity contribution >= 4 is 23.0 Å². The van der Waals surface area contributed by atoms with Crippen molar-refractivity contribution in [3.05, 3.63) is 53.1 Å². The highest BCUT2D eigenvalue weighted by Crippen LogP contribution is 2.24. The van der Waals surface area contributed by atoms with E-state index in [1.165, 1.54) is 0 Å². The van der Waals surface area contributed by atoms with Crippen molar-refractivity contribution in [1.29, 1.82) is 0 Å². The molecule has 0 bridgehead atoms. The zero-order valence-corrected chi connectivity index (χ0v) is 12.9. The molecule has 0 heterocycles. The maximum atomic E-state index is 12.4. The quantitative estimate of drug-likeness (QED) is 0.850. The van der Waals surface area contributed by atoms with Gasteiger partial charge in [-0.3, -0.25) is 4.79 Å². The smallest absolute Gasteiger partial charge is 0.255 e. The van der Waals surface area contributed by atoms with E-state index in [0.29, 0.717) is 11.3 Å². The van der Waals surface area contributed by atoms with Crippen LogP contribution < -0.4 is 16.0 Å². The summed E-state index contributed by atoms with van der Waals surface area (Å²) in [5.74, 6) is -0.149. The van der Waals surface area contributed by atoms with Gasteiger partial charge in [-0.25, -0.2) is 0 Å². The van der Waals surface area contributed by atoms with E-state index >= 15 is 0 Å². The molecule has 1 amide bonds. The molecule has 0 aliphatic heterocycles. The number of hydrogen-bond acceptors (Lipinski definition) is 3. The van der Waals surface area contributed by atoms with Gasteiger partial charge in [0, 0.05) is 25.3 Å². The van der Waals surface area contributed by atoms with Gasteiger partial charge in [-0.05, 0) is 43.2 Å². The summed E-state index contributed by atoms with van der Waals surface area (Å²) in [6, 6.07) is 11.3. The summed E-state index contributed by atoms with van der Waals surface area (Å²) in [6.07, 6.45) is 0. The van der Waals surface area contributed by atoms with Gasteiger partial charge in [0.2, 0.25) is 0 Å². The van der Waals surface area contributed by atoms with E-state index < -0.39 is 0 Å². The minimum absolute atomic E-state index is 0.149. The number of carbonyl (C=O) groups excluding carboxylic acids is 1. The van der Waals surface area contributed by atoms with Crippen LogP contribution in [-0.4, -0.2) is 20.0 Å². The van der Waals surface area contributed by atoms with Gasteiger partial charge >= 0.3 is 0 Å². The Balaban J connectivity index is 2.27. The highest BCUT2D eigenvalue weighted by Gasteiger charge is 2.11. The third-order valence-corrected chi connectivity index (χ3v) is 3.49. The van der Waals surface area contributed by atoms with Crippen molar-refractivity contribution in [3.8, 4) is 0 Å². The van der Waals surface area contributed by atoms with Crippen LogP contribution in [0.3, 0.4) is 0 Å². The molecule has 0 fully saturated rings. The Bertz CT molecular complexity index is 657. The number of benzene rings is 2. The van der Waals surface area contributed by atoms with E-state index in [1.54, 1.807) is 12.1 Å². The molecule has 0 aliphatic rings. The van der Waals surface area contributed by atoms with Gasteiger partial charge in [-0.2, -0.15) is 0 Å². The first-order valence-corrected chi connectivity index (χ1v) is 6.84. The van der Waals surface area contributed by atoms with E-state index in [4.69, 9.17) is 5.73 Å². The lowest BCUT2D eigenvalue weighted by molar-refractivity contribution is 0.102. The van der Waals surface area contributed by atoms with Gasteiger partial charge in [0.1, 0.15) is 0 Å². The number of aryl methyl sites for hydroxylation is 2. The van der Waals surface area contributed by atoms with E-state index in [2.05, 4.69) is 5.32 Å². The van der Waals surface area contributed by atoms with Gasteiger partial charge in [0.25, 0.3) is 5.91 Å². The highest BCUT2D eigenvalue weighted by molar-refractivity contribution is 6.06. The van der Waals surface area contributed by atoms with Crippen LogP contribution >= 0.6 is 0 Å². The van der Waals surface area contributed by atoms with Crippen LogP contribution in [0, 0.1) is 13.8 Å². The fourth-order valence-electron chi connectivity index (χ4n) is 2.30. The zero-order chi connectivity index (χ0) is 15.6. The number of nitrogens with zero attached hydrogens (tertiary/aromatic N) is 1. The molecule has 4 heteroatoms. The molecule has 21 heavy (non-hydrogen) atoms. The lowest BCUT2D eigenvalue weighted by Crippen LogP contribution is -2.16. The Labute approximate surface area is 125 Å². The summed E-state index contributed by atoms with van der Waals surface area (Å²) in [5.41, 5.74) is 11.0. The number of nitrogens with one attached hydrogen (secondary N) is 1. The molecular formula is C17H21N3O. The molecule has 2 rings (SSSR count). The summed E-state index contributed by atoms with van der Waals surface area (Å²) in [5, 5.41) is 2.96. The summed E-state index contributed by atoms with van der Waals surface area (Å²) < 4.78 is 0. The topological polar surface area (TPSA) is 58.4 Å². The Morgan fingerprint density at radius 1 is 1.10 bits per heavy atom.